The predicted octanol–water partition coefficient (Wildman–Crippen LogP) is 0.447. The second-order valence-electron chi connectivity index (χ2n) is 4.20. The van der Waals surface area contributed by atoms with Crippen molar-refractivity contribution < 1.29 is 14.3 Å². The third kappa shape index (κ3) is 2.80. The van der Waals surface area contributed by atoms with Gasteiger partial charge in [-0.25, -0.2) is 0 Å². The first kappa shape index (κ1) is 12.4. The normalized spacial score (nSPS) is 18.3. The Balaban J connectivity index is 1.86. The zero-order chi connectivity index (χ0) is 13.0. The van der Waals surface area contributed by atoms with Gasteiger partial charge < -0.3 is 15.4 Å². The van der Waals surface area contributed by atoms with Crippen LogP contribution in [0.2, 0.25) is 0 Å². The topological polar surface area (TPSA) is 67.4 Å². The Labute approximate surface area is 106 Å². The number of rotatable bonds is 4. The van der Waals surface area contributed by atoms with E-state index in [1.165, 1.54) is 0 Å². The molecule has 1 aliphatic rings. The van der Waals surface area contributed by atoms with Crippen LogP contribution >= 0.6 is 0 Å². The molecule has 1 saturated heterocycles. The van der Waals surface area contributed by atoms with Crippen LogP contribution in [0.25, 0.3) is 0 Å². The first-order valence-corrected chi connectivity index (χ1v) is 5.89. The molecule has 2 N–H and O–H groups in total. The van der Waals surface area contributed by atoms with E-state index in [0.29, 0.717) is 19.5 Å². The van der Waals surface area contributed by atoms with E-state index in [4.69, 9.17) is 4.74 Å². The van der Waals surface area contributed by atoms with Crippen molar-refractivity contribution in [2.24, 2.45) is 5.92 Å². The average molecular weight is 248 g/mol. The highest BCUT2D eigenvalue weighted by atomic mass is 16.5. The van der Waals surface area contributed by atoms with Crippen LogP contribution in [0.15, 0.2) is 24.3 Å². The van der Waals surface area contributed by atoms with Crippen molar-refractivity contribution in [2.45, 2.75) is 13.0 Å². The lowest BCUT2D eigenvalue weighted by Crippen LogP contribution is -2.34. The van der Waals surface area contributed by atoms with E-state index in [0.717, 1.165) is 11.3 Å². The van der Waals surface area contributed by atoms with E-state index in [-0.39, 0.29) is 11.8 Å². The summed E-state index contributed by atoms with van der Waals surface area (Å²) in [6, 6.07) is 7.44. The Hall–Kier alpha value is -2.04. The van der Waals surface area contributed by atoms with Crippen LogP contribution in [0.1, 0.15) is 12.0 Å². The third-order valence-electron chi connectivity index (χ3n) is 2.99. The van der Waals surface area contributed by atoms with E-state index in [9.17, 15) is 9.59 Å². The number of benzene rings is 1. The molecule has 5 nitrogen and oxygen atoms in total. The number of nitrogens with one attached hydrogen (secondary N) is 2. The van der Waals surface area contributed by atoms with Gasteiger partial charge in [0.25, 0.3) is 0 Å². The summed E-state index contributed by atoms with van der Waals surface area (Å²) in [4.78, 5) is 23.1. The lowest BCUT2D eigenvalue weighted by molar-refractivity contribution is -0.133. The van der Waals surface area contributed by atoms with Crippen LogP contribution in [-0.2, 0) is 16.1 Å². The number of carbonyl (C=O) groups excluding carboxylic acids is 2. The molecule has 1 aliphatic heterocycles. The van der Waals surface area contributed by atoms with Gasteiger partial charge in [-0.3, -0.25) is 9.59 Å². The monoisotopic (exact) mass is 248 g/mol. The molecule has 0 aromatic heterocycles. The van der Waals surface area contributed by atoms with Gasteiger partial charge in [0.05, 0.1) is 7.11 Å². The fourth-order valence-corrected chi connectivity index (χ4v) is 1.90. The van der Waals surface area contributed by atoms with Crippen molar-refractivity contribution in [1.29, 1.82) is 0 Å². The molecule has 0 aliphatic carbocycles. The number of carbonyl (C=O) groups is 2. The van der Waals surface area contributed by atoms with E-state index in [2.05, 4.69) is 10.6 Å². The van der Waals surface area contributed by atoms with Crippen molar-refractivity contribution in [3.8, 4) is 5.75 Å². The SMILES string of the molecule is COc1ccc(CNC(=O)[C@H]2CCNC2=O)cc1. The maximum atomic E-state index is 11.8. The summed E-state index contributed by atoms with van der Waals surface area (Å²) in [6.07, 6.45) is 0.577. The average Bonchev–Trinajstić information content (AvgIpc) is 2.83. The molecule has 96 valence electrons. The molecule has 1 fully saturated rings. The van der Waals surface area contributed by atoms with Crippen LogP contribution in [-0.4, -0.2) is 25.5 Å². The molecule has 5 heteroatoms. The minimum atomic E-state index is -0.539. The summed E-state index contributed by atoms with van der Waals surface area (Å²) in [7, 11) is 1.61. The van der Waals surface area contributed by atoms with E-state index in [1.807, 2.05) is 24.3 Å². The smallest absolute Gasteiger partial charge is 0.232 e. The van der Waals surface area contributed by atoms with E-state index >= 15 is 0 Å². The van der Waals surface area contributed by atoms with Gasteiger partial charge in [-0.15, -0.1) is 0 Å². The molecule has 0 spiro atoms. The second-order valence-corrected chi connectivity index (χ2v) is 4.20. The quantitative estimate of drug-likeness (QED) is 0.760. The number of ether oxygens (including phenoxy) is 1. The fourth-order valence-electron chi connectivity index (χ4n) is 1.90. The summed E-state index contributed by atoms with van der Waals surface area (Å²) >= 11 is 0. The van der Waals surface area contributed by atoms with Gasteiger partial charge in [-0.2, -0.15) is 0 Å². The first-order chi connectivity index (χ1) is 8.70. The van der Waals surface area contributed by atoms with E-state index in [1.54, 1.807) is 7.11 Å². The van der Waals surface area contributed by atoms with Gasteiger partial charge in [0.15, 0.2) is 0 Å². The number of methoxy groups -OCH3 is 1. The highest BCUT2D eigenvalue weighted by Gasteiger charge is 2.30. The van der Waals surface area contributed by atoms with Gasteiger partial charge in [0.2, 0.25) is 11.8 Å². The van der Waals surface area contributed by atoms with Gasteiger partial charge in [-0.1, -0.05) is 12.1 Å². The molecule has 1 atom stereocenters. The van der Waals surface area contributed by atoms with Crippen LogP contribution < -0.4 is 15.4 Å². The second kappa shape index (κ2) is 5.53. The third-order valence-corrected chi connectivity index (χ3v) is 2.99. The van der Waals surface area contributed by atoms with E-state index < -0.39 is 5.92 Å². The summed E-state index contributed by atoms with van der Waals surface area (Å²) in [6.45, 7) is 1.01. The summed E-state index contributed by atoms with van der Waals surface area (Å²) < 4.78 is 5.05. The number of hydrogen-bond donors (Lipinski definition) is 2. The molecule has 2 amide bonds. The van der Waals surface area contributed by atoms with Gasteiger partial charge in [-0.05, 0) is 24.1 Å². The first-order valence-electron chi connectivity index (χ1n) is 5.89. The summed E-state index contributed by atoms with van der Waals surface area (Å²) in [5.74, 6) is -0.147. The Kier molecular flexibility index (Phi) is 3.82. The van der Waals surface area contributed by atoms with Gasteiger partial charge in [0.1, 0.15) is 11.7 Å². The fraction of sp³-hybridized carbons (Fsp3) is 0.385. The van der Waals surface area contributed by atoms with Crippen molar-refractivity contribution in [2.75, 3.05) is 13.7 Å². The van der Waals surface area contributed by atoms with Crippen molar-refractivity contribution in [3.63, 3.8) is 0 Å². The number of amides is 2. The summed E-state index contributed by atoms with van der Waals surface area (Å²) in [5, 5.41) is 5.42. The Bertz CT molecular complexity index is 442. The molecule has 1 aromatic carbocycles. The van der Waals surface area contributed by atoms with Gasteiger partial charge in [0, 0.05) is 13.1 Å². The molecule has 0 saturated carbocycles. The zero-order valence-corrected chi connectivity index (χ0v) is 10.2. The van der Waals surface area contributed by atoms with Crippen LogP contribution in [0.3, 0.4) is 0 Å². The Morgan fingerprint density at radius 3 is 2.72 bits per heavy atom. The molecule has 1 heterocycles. The molecule has 2 rings (SSSR count). The highest BCUT2D eigenvalue weighted by Crippen LogP contribution is 2.12. The van der Waals surface area contributed by atoms with Crippen LogP contribution in [0, 0.1) is 5.92 Å². The predicted molar refractivity (Wildman–Crippen MR) is 66.0 cm³/mol. The molecule has 0 radical (unpaired) electrons. The van der Waals surface area contributed by atoms with Gasteiger partial charge >= 0.3 is 0 Å². The van der Waals surface area contributed by atoms with Crippen LogP contribution in [0.5, 0.6) is 5.75 Å². The zero-order valence-electron chi connectivity index (χ0n) is 10.2. The molecule has 18 heavy (non-hydrogen) atoms. The lowest BCUT2D eigenvalue weighted by atomic mass is 10.1. The molecular formula is C13H16N2O3. The molecule has 1 aromatic rings. The minimum absolute atomic E-state index is 0.178. The summed E-state index contributed by atoms with van der Waals surface area (Å²) in [5.41, 5.74) is 0.975. The minimum Gasteiger partial charge on any atom is -0.497 e. The number of hydrogen-bond acceptors (Lipinski definition) is 3. The maximum Gasteiger partial charge on any atom is 0.232 e. The Morgan fingerprint density at radius 2 is 2.17 bits per heavy atom. The van der Waals surface area contributed by atoms with Crippen molar-refractivity contribution in [3.05, 3.63) is 29.8 Å². The van der Waals surface area contributed by atoms with Crippen molar-refractivity contribution in [1.82, 2.24) is 10.6 Å². The highest BCUT2D eigenvalue weighted by molar-refractivity contribution is 6.01. The maximum absolute atomic E-state index is 11.8. The van der Waals surface area contributed by atoms with Crippen molar-refractivity contribution >= 4 is 11.8 Å². The molecular weight excluding hydrogens is 232 g/mol. The standard InChI is InChI=1S/C13H16N2O3/c1-18-10-4-2-9(3-5-10)8-15-13(17)11-6-7-14-12(11)16/h2-5,11H,6-8H2,1H3,(H,14,16)(H,15,17)/t11-/m0/s1. The largest absolute Gasteiger partial charge is 0.497 e. The lowest BCUT2D eigenvalue weighted by Gasteiger charge is -2.09. The molecule has 0 unspecified atom stereocenters. The molecule has 0 bridgehead atoms. The Morgan fingerprint density at radius 1 is 1.44 bits per heavy atom. The van der Waals surface area contributed by atoms with Crippen LogP contribution in [0.4, 0.5) is 0 Å².